The Morgan fingerprint density at radius 2 is 0.635 bits per heavy atom. The fourth-order valence-electron chi connectivity index (χ4n) is 12.3. The van der Waals surface area contributed by atoms with Crippen molar-refractivity contribution in [2.24, 2.45) is 5.92 Å². The first kappa shape index (κ1) is 71.1. The van der Waals surface area contributed by atoms with E-state index in [1.807, 2.05) is 0 Å². The van der Waals surface area contributed by atoms with E-state index >= 15 is 4.79 Å². The number of hydrogen-bond donors (Lipinski definition) is 3. The molecule has 0 fully saturated rings. The summed E-state index contributed by atoms with van der Waals surface area (Å²) in [6.07, 6.45) is 7.13. The summed E-state index contributed by atoms with van der Waals surface area (Å²) in [5.41, 5.74) is 17.8. The van der Waals surface area contributed by atoms with Gasteiger partial charge in [-0.05, 0) is 185 Å². The zero-order valence-corrected chi connectivity index (χ0v) is 60.0. The molecule has 0 spiro atoms. The van der Waals surface area contributed by atoms with Gasteiger partial charge >= 0.3 is 5.97 Å². The average molecular weight is 1180 g/mol. The molecule has 5 aromatic carbocycles. The molecular formula is C79H118O5S. The lowest BCUT2D eigenvalue weighted by molar-refractivity contribution is -0.134. The number of carbonyl (C=O) groups excluding carboxylic acids is 1. The minimum absolute atomic E-state index is 0.195. The molecule has 0 saturated carbocycles. The summed E-state index contributed by atoms with van der Waals surface area (Å²) in [5, 5.41) is 35.0. The fourth-order valence-corrected chi connectivity index (χ4v) is 13.4. The minimum Gasteiger partial charge on any atom is -0.507 e. The van der Waals surface area contributed by atoms with Gasteiger partial charge < -0.3 is 20.1 Å². The van der Waals surface area contributed by atoms with E-state index in [4.69, 9.17) is 4.74 Å². The largest absolute Gasteiger partial charge is 0.507 e. The van der Waals surface area contributed by atoms with Crippen molar-refractivity contribution in [2.45, 2.75) is 306 Å². The highest BCUT2D eigenvalue weighted by Gasteiger charge is 2.35. The molecule has 0 aliphatic heterocycles. The van der Waals surface area contributed by atoms with Gasteiger partial charge in [-0.15, -0.1) is 11.8 Å². The fraction of sp³-hybridized carbons (Fsp3) is 0.608. The Hall–Kier alpha value is -4.68. The third kappa shape index (κ3) is 17.6. The van der Waals surface area contributed by atoms with Crippen molar-refractivity contribution in [2.75, 3.05) is 0 Å². The second kappa shape index (κ2) is 25.8. The van der Waals surface area contributed by atoms with Gasteiger partial charge in [0, 0.05) is 16.9 Å². The van der Waals surface area contributed by atoms with Crippen LogP contribution in [0, 0.1) is 26.7 Å². The maximum Gasteiger partial charge on any atom is 0.324 e. The highest BCUT2D eigenvalue weighted by Crippen LogP contribution is 2.47. The lowest BCUT2D eigenvalue weighted by Gasteiger charge is -2.31. The van der Waals surface area contributed by atoms with Gasteiger partial charge in [-0.2, -0.15) is 0 Å². The van der Waals surface area contributed by atoms with Gasteiger partial charge in [-0.25, -0.2) is 0 Å². The Balaban J connectivity index is 1.75. The minimum atomic E-state index is -0.390. The molecule has 1 unspecified atom stereocenters. The number of ether oxygens (including phenoxy) is 1. The van der Waals surface area contributed by atoms with Gasteiger partial charge in [0.05, 0.1) is 0 Å². The third-order valence-corrected chi connectivity index (χ3v) is 19.0. The first-order valence-electron chi connectivity index (χ1n) is 32.2. The Labute approximate surface area is 523 Å². The van der Waals surface area contributed by atoms with Crippen molar-refractivity contribution >= 4 is 17.7 Å². The van der Waals surface area contributed by atoms with Crippen LogP contribution in [-0.4, -0.2) is 26.5 Å². The number of unbranched alkanes of at least 4 members (excludes halogenated alkanes) is 2. The van der Waals surface area contributed by atoms with E-state index in [9.17, 15) is 15.3 Å². The molecule has 5 rings (SSSR count). The van der Waals surface area contributed by atoms with Crippen molar-refractivity contribution in [1.29, 1.82) is 0 Å². The molecule has 1 atom stereocenters. The normalized spacial score (nSPS) is 13.7. The number of hydrogen-bond acceptors (Lipinski definition) is 6. The monoisotopic (exact) mass is 1180 g/mol. The van der Waals surface area contributed by atoms with Crippen LogP contribution < -0.4 is 4.74 Å². The van der Waals surface area contributed by atoms with Crippen LogP contribution >= 0.6 is 11.8 Å². The van der Waals surface area contributed by atoms with Crippen molar-refractivity contribution in [1.82, 2.24) is 0 Å². The molecule has 85 heavy (non-hydrogen) atoms. The first-order chi connectivity index (χ1) is 38.4. The molecule has 6 heteroatoms. The summed E-state index contributed by atoms with van der Waals surface area (Å²) >= 11 is 1.68. The van der Waals surface area contributed by atoms with E-state index in [0.717, 1.165) is 75.8 Å². The molecular weight excluding hydrogens is 1060 g/mol. The third-order valence-electron chi connectivity index (χ3n) is 17.6. The molecule has 0 saturated heterocycles. The zero-order valence-electron chi connectivity index (χ0n) is 59.2. The summed E-state index contributed by atoms with van der Waals surface area (Å²) in [4.78, 5) is 15.3. The van der Waals surface area contributed by atoms with Crippen LogP contribution in [0.3, 0.4) is 0 Å². The van der Waals surface area contributed by atoms with Gasteiger partial charge in [0.2, 0.25) is 0 Å². The van der Waals surface area contributed by atoms with Crippen molar-refractivity contribution in [3.63, 3.8) is 0 Å². The second-order valence-corrected chi connectivity index (χ2v) is 35.4. The number of aromatic hydroxyl groups is 3. The van der Waals surface area contributed by atoms with Crippen LogP contribution in [-0.2, 0) is 73.1 Å². The van der Waals surface area contributed by atoms with E-state index in [0.29, 0.717) is 53.9 Å². The highest BCUT2D eigenvalue weighted by molar-refractivity contribution is 7.99. The van der Waals surface area contributed by atoms with Crippen LogP contribution in [0.1, 0.15) is 312 Å². The lowest BCUT2D eigenvalue weighted by atomic mass is 9.75. The second-order valence-electron chi connectivity index (χ2n) is 34.2. The molecule has 0 bridgehead atoms. The van der Waals surface area contributed by atoms with E-state index in [-0.39, 0.29) is 54.5 Å². The van der Waals surface area contributed by atoms with Gasteiger partial charge in [0.1, 0.15) is 28.2 Å². The van der Waals surface area contributed by atoms with Crippen LogP contribution in [0.25, 0.3) is 0 Å². The van der Waals surface area contributed by atoms with E-state index in [1.54, 1.807) is 11.8 Å². The standard InChI is InChI=1S/C79H118O5S/c1-47(2)33-31-30-32-34-66(85-46-54-44-62(76(18,19)20)69(82)63(45-54)77(21,22)23)71(83)84-70-64(78(24,25)26)42-53(43-65(70)79(27,28)29)37-57-49(4)55(35-51-38-58(72(6,7)8)67(80)59(39-51)73(9,10)11)48(3)56(50(57)5)36-52-40-60(74(12,13)14)68(81)61(41-52)75(15,16)17/h38-45,47,66,80-82H,30-37,46H2,1-29H3. The molecule has 0 heterocycles. The van der Waals surface area contributed by atoms with Crippen LogP contribution in [0.2, 0.25) is 0 Å². The summed E-state index contributed by atoms with van der Waals surface area (Å²) < 4.78 is 7.01. The average Bonchev–Trinajstić information content (AvgIpc) is 0.942. The Bertz CT molecular complexity index is 2950. The molecule has 3 N–H and O–H groups in total. The quantitative estimate of drug-likeness (QED) is 0.0489. The molecule has 0 aromatic heterocycles. The summed E-state index contributed by atoms with van der Waals surface area (Å²) in [7, 11) is 0. The number of thioether (sulfide) groups is 1. The Kier molecular flexibility index (Phi) is 21.6. The number of esters is 1. The molecule has 5 nitrogen and oxygen atoms in total. The summed E-state index contributed by atoms with van der Waals surface area (Å²) in [5.74, 6) is 2.90. The van der Waals surface area contributed by atoms with E-state index in [1.165, 1.54) is 56.5 Å². The summed E-state index contributed by atoms with van der Waals surface area (Å²) in [6, 6.07) is 17.9. The number of phenolic OH excluding ortho intramolecular Hbond substituents is 3. The van der Waals surface area contributed by atoms with Gasteiger partial charge in [0.15, 0.2) is 0 Å². The smallest absolute Gasteiger partial charge is 0.324 e. The Morgan fingerprint density at radius 1 is 0.388 bits per heavy atom. The van der Waals surface area contributed by atoms with Crippen molar-refractivity contribution in [3.8, 4) is 23.0 Å². The topological polar surface area (TPSA) is 87.0 Å². The van der Waals surface area contributed by atoms with Crippen LogP contribution in [0.15, 0.2) is 48.5 Å². The van der Waals surface area contributed by atoms with Crippen molar-refractivity contribution < 1.29 is 24.9 Å². The van der Waals surface area contributed by atoms with Crippen molar-refractivity contribution in [3.05, 3.63) is 149 Å². The predicted molar refractivity (Wildman–Crippen MR) is 368 cm³/mol. The first-order valence-corrected chi connectivity index (χ1v) is 33.2. The summed E-state index contributed by atoms with van der Waals surface area (Å²) in [6.45, 7) is 64.1. The predicted octanol–water partition coefficient (Wildman–Crippen LogP) is 21.7. The molecule has 0 aliphatic carbocycles. The van der Waals surface area contributed by atoms with Gasteiger partial charge in [-0.3, -0.25) is 4.79 Å². The van der Waals surface area contributed by atoms with Gasteiger partial charge in [0.25, 0.3) is 0 Å². The Morgan fingerprint density at radius 3 is 0.894 bits per heavy atom. The van der Waals surface area contributed by atoms with Crippen LogP contribution in [0.5, 0.6) is 23.0 Å². The SMILES string of the molecule is Cc1c(Cc2cc(C(C)(C)C)c(O)c(C(C)(C)C)c2)c(C)c(Cc2cc(C(C)(C)C)c(OC(=O)C(CCCCCC(C)C)SCc3cc(C(C)(C)C)c(O)c(C(C)(C)C)c3)c(C(C)(C)C)c2)c(C)c1Cc1cc(C(C)(C)C)c(O)c(C(C)(C)C)c1. The highest BCUT2D eigenvalue weighted by atomic mass is 32.2. The number of rotatable bonds is 17. The maximum absolute atomic E-state index is 15.3. The zero-order chi connectivity index (χ0) is 64.9. The number of phenols is 3. The molecule has 0 radical (unpaired) electrons. The van der Waals surface area contributed by atoms with E-state index < -0.39 is 0 Å². The molecule has 0 amide bonds. The molecule has 5 aromatic rings. The maximum atomic E-state index is 15.3. The van der Waals surface area contributed by atoms with Crippen LogP contribution in [0.4, 0.5) is 0 Å². The number of benzene rings is 5. The molecule has 0 aliphatic rings. The molecule has 470 valence electrons. The number of carbonyl (C=O) groups is 1. The van der Waals surface area contributed by atoms with E-state index in [2.05, 4.69) is 249 Å². The van der Waals surface area contributed by atoms with Gasteiger partial charge in [-0.1, -0.05) is 254 Å². The lowest BCUT2D eigenvalue weighted by Crippen LogP contribution is -2.28.